The highest BCUT2D eigenvalue weighted by atomic mass is 35.5. The number of methoxy groups -OCH3 is 2. The van der Waals surface area contributed by atoms with Crippen molar-refractivity contribution in [2.45, 2.75) is 12.5 Å². The summed E-state index contributed by atoms with van der Waals surface area (Å²) in [6.45, 7) is 0.694. The van der Waals surface area contributed by atoms with Crippen LogP contribution in [0.25, 0.3) is 0 Å². The normalized spacial score (nSPS) is 14.4. The number of halogens is 2. The van der Waals surface area contributed by atoms with Crippen molar-refractivity contribution in [3.8, 4) is 11.5 Å². The van der Waals surface area contributed by atoms with Crippen molar-refractivity contribution in [1.29, 1.82) is 0 Å². The smallest absolute Gasteiger partial charge is 0.174 e. The van der Waals surface area contributed by atoms with Gasteiger partial charge < -0.3 is 24.6 Å². The Morgan fingerprint density at radius 1 is 0.952 bits per heavy atom. The maximum atomic E-state index is 6.45. The van der Waals surface area contributed by atoms with E-state index in [2.05, 4.69) is 57.6 Å². The minimum Gasteiger partial charge on any atom is -0.493 e. The minimum absolute atomic E-state index is 0.178. The quantitative estimate of drug-likeness (QED) is 0.166. The third-order valence-corrected chi connectivity index (χ3v) is 8.19. The van der Waals surface area contributed by atoms with E-state index in [1.165, 1.54) is 5.56 Å². The number of benzene rings is 4. The Morgan fingerprint density at radius 3 is 2.31 bits per heavy atom. The molecule has 0 saturated heterocycles. The first-order chi connectivity index (χ1) is 20.3. The molecular formula is C33H32Cl2N4O2S. The highest BCUT2D eigenvalue weighted by molar-refractivity contribution is 7.80. The van der Waals surface area contributed by atoms with E-state index in [0.717, 1.165) is 34.5 Å². The molecule has 1 heterocycles. The topological polar surface area (TPSA) is 49.3 Å². The van der Waals surface area contributed by atoms with Crippen LogP contribution >= 0.6 is 35.4 Å². The summed E-state index contributed by atoms with van der Waals surface area (Å²) >= 11 is 18.7. The molecule has 9 heteroatoms. The predicted molar refractivity (Wildman–Crippen MR) is 179 cm³/mol. The fourth-order valence-electron chi connectivity index (χ4n) is 5.05. The zero-order valence-corrected chi connectivity index (χ0v) is 26.2. The van der Waals surface area contributed by atoms with Crippen LogP contribution in [0, 0.1) is 0 Å². The minimum atomic E-state index is -0.178. The van der Waals surface area contributed by atoms with Gasteiger partial charge in [0.25, 0.3) is 0 Å². The number of nitrogens with one attached hydrogen (secondary N) is 1. The summed E-state index contributed by atoms with van der Waals surface area (Å²) in [5, 5.41) is 4.99. The Hall–Kier alpha value is -3.78. The van der Waals surface area contributed by atoms with Crippen molar-refractivity contribution in [2.24, 2.45) is 4.99 Å². The molecule has 1 unspecified atom stereocenters. The zero-order chi connectivity index (χ0) is 29.8. The van der Waals surface area contributed by atoms with E-state index in [1.807, 2.05) is 38.5 Å². The van der Waals surface area contributed by atoms with Crippen molar-refractivity contribution >= 4 is 63.8 Å². The number of rotatable bonds is 7. The van der Waals surface area contributed by atoms with Gasteiger partial charge in [-0.15, -0.1) is 0 Å². The SMILES string of the molecule is COc1cc2c(cc1OC)C(c1ccc(N=Cc3ccc(N(C)C)cc3)cc1)N(C(=S)Nc1cc(Cl)ccc1Cl)CC2. The van der Waals surface area contributed by atoms with Crippen molar-refractivity contribution in [1.82, 2.24) is 4.90 Å². The maximum Gasteiger partial charge on any atom is 0.174 e. The van der Waals surface area contributed by atoms with Gasteiger partial charge in [0.2, 0.25) is 0 Å². The summed E-state index contributed by atoms with van der Waals surface area (Å²) in [7, 11) is 7.35. The van der Waals surface area contributed by atoms with Crippen LogP contribution in [0.4, 0.5) is 17.1 Å². The van der Waals surface area contributed by atoms with Gasteiger partial charge in [-0.05, 0) is 95.5 Å². The molecule has 5 rings (SSSR count). The van der Waals surface area contributed by atoms with Crippen LogP contribution in [0.2, 0.25) is 10.0 Å². The summed E-state index contributed by atoms with van der Waals surface area (Å²) in [6, 6.07) is 25.7. The molecule has 0 bridgehead atoms. The number of ether oxygens (including phenoxy) is 2. The van der Waals surface area contributed by atoms with Crippen LogP contribution in [0.3, 0.4) is 0 Å². The number of thiocarbonyl (C=S) groups is 1. The highest BCUT2D eigenvalue weighted by Gasteiger charge is 2.32. The maximum absolute atomic E-state index is 6.45. The first-order valence-corrected chi connectivity index (χ1v) is 14.6. The Bertz CT molecular complexity index is 1610. The molecule has 4 aromatic rings. The van der Waals surface area contributed by atoms with Crippen LogP contribution in [-0.2, 0) is 6.42 Å². The van der Waals surface area contributed by atoms with Crippen LogP contribution < -0.4 is 19.7 Å². The molecule has 0 spiro atoms. The van der Waals surface area contributed by atoms with E-state index in [1.54, 1.807) is 32.4 Å². The van der Waals surface area contributed by atoms with E-state index in [9.17, 15) is 0 Å². The number of fused-ring (bicyclic) bond motifs is 1. The summed E-state index contributed by atoms with van der Waals surface area (Å²) in [5.41, 5.74) is 7.05. The van der Waals surface area contributed by atoms with Crippen molar-refractivity contribution in [3.05, 3.63) is 111 Å². The molecule has 1 aliphatic rings. The molecule has 1 aliphatic heterocycles. The number of nitrogens with zero attached hydrogens (tertiary/aromatic N) is 3. The van der Waals surface area contributed by atoms with Gasteiger partial charge in [0, 0.05) is 37.6 Å². The molecule has 1 atom stereocenters. The molecule has 0 amide bonds. The number of hydrogen-bond donors (Lipinski definition) is 1. The molecule has 0 radical (unpaired) electrons. The van der Waals surface area contributed by atoms with Gasteiger partial charge in [-0.3, -0.25) is 4.99 Å². The van der Waals surface area contributed by atoms with Gasteiger partial charge in [-0.1, -0.05) is 47.5 Å². The Labute approximate surface area is 262 Å². The molecular weight excluding hydrogens is 587 g/mol. The standard InChI is InChI=1S/C33H32Cl2N4O2S/c1-38(2)26-12-5-21(6-13-26)20-36-25-10-7-22(8-11-25)32-27-19-31(41-4)30(40-3)17-23(27)15-16-39(32)33(42)37-29-18-24(34)9-14-28(29)35/h5-14,17-20,32H,15-16H2,1-4H3,(H,37,42). The van der Waals surface area contributed by atoms with Gasteiger partial charge in [-0.25, -0.2) is 0 Å². The first-order valence-electron chi connectivity index (χ1n) is 13.5. The van der Waals surface area contributed by atoms with Gasteiger partial charge in [-0.2, -0.15) is 0 Å². The van der Waals surface area contributed by atoms with Crippen molar-refractivity contribution < 1.29 is 9.47 Å². The monoisotopic (exact) mass is 618 g/mol. The lowest BCUT2D eigenvalue weighted by Crippen LogP contribution is -2.42. The Balaban J connectivity index is 1.47. The van der Waals surface area contributed by atoms with Gasteiger partial charge >= 0.3 is 0 Å². The van der Waals surface area contributed by atoms with Crippen LogP contribution in [0.1, 0.15) is 28.3 Å². The van der Waals surface area contributed by atoms with Crippen molar-refractivity contribution in [3.63, 3.8) is 0 Å². The number of hydrogen-bond acceptors (Lipinski definition) is 5. The van der Waals surface area contributed by atoms with E-state index >= 15 is 0 Å². The van der Waals surface area contributed by atoms with Gasteiger partial charge in [0.15, 0.2) is 16.6 Å². The fourth-order valence-corrected chi connectivity index (χ4v) is 5.70. The summed E-state index contributed by atoms with van der Waals surface area (Å²) < 4.78 is 11.3. The second-order valence-corrected chi connectivity index (χ2v) is 11.4. The molecule has 0 saturated carbocycles. The summed E-state index contributed by atoms with van der Waals surface area (Å²) in [4.78, 5) is 8.95. The van der Waals surface area contributed by atoms with E-state index < -0.39 is 0 Å². The van der Waals surface area contributed by atoms with E-state index in [-0.39, 0.29) is 6.04 Å². The molecule has 4 aromatic carbocycles. The molecule has 0 aliphatic carbocycles. The lowest BCUT2D eigenvalue weighted by atomic mass is 9.87. The molecule has 216 valence electrons. The van der Waals surface area contributed by atoms with Crippen molar-refractivity contribution in [2.75, 3.05) is 45.1 Å². The third kappa shape index (κ3) is 6.49. The molecule has 0 aromatic heterocycles. The first kappa shape index (κ1) is 29.7. The van der Waals surface area contributed by atoms with Crippen LogP contribution in [-0.4, -0.2) is 51.1 Å². The summed E-state index contributed by atoms with van der Waals surface area (Å²) in [6.07, 6.45) is 2.66. The number of anilines is 2. The van der Waals surface area contributed by atoms with Gasteiger partial charge in [0.05, 0.1) is 36.7 Å². The Kier molecular flexibility index (Phi) is 9.21. The average Bonchev–Trinajstić information content (AvgIpc) is 3.00. The molecule has 0 fully saturated rings. The average molecular weight is 620 g/mol. The lowest BCUT2D eigenvalue weighted by Gasteiger charge is -2.40. The zero-order valence-electron chi connectivity index (χ0n) is 23.9. The van der Waals surface area contributed by atoms with Crippen LogP contribution in [0.15, 0.2) is 83.9 Å². The van der Waals surface area contributed by atoms with E-state index in [0.29, 0.717) is 38.9 Å². The second-order valence-electron chi connectivity index (χ2n) is 10.1. The predicted octanol–water partition coefficient (Wildman–Crippen LogP) is 8.17. The molecule has 1 N–H and O–H groups in total. The lowest BCUT2D eigenvalue weighted by molar-refractivity contribution is 0.330. The summed E-state index contributed by atoms with van der Waals surface area (Å²) in [5.74, 6) is 1.37. The van der Waals surface area contributed by atoms with Crippen LogP contribution in [0.5, 0.6) is 11.5 Å². The Morgan fingerprint density at radius 2 is 1.64 bits per heavy atom. The highest BCUT2D eigenvalue weighted by Crippen LogP contribution is 2.42. The largest absolute Gasteiger partial charge is 0.493 e. The molecule has 42 heavy (non-hydrogen) atoms. The molecule has 6 nitrogen and oxygen atoms in total. The second kappa shape index (κ2) is 13.0. The van der Waals surface area contributed by atoms with Gasteiger partial charge in [0.1, 0.15) is 0 Å². The van der Waals surface area contributed by atoms with E-state index in [4.69, 9.17) is 49.9 Å². The third-order valence-electron chi connectivity index (χ3n) is 7.29. The fraction of sp³-hybridized carbons (Fsp3) is 0.212. The number of aliphatic imine (C=N–C) groups is 1.